The van der Waals surface area contributed by atoms with Gasteiger partial charge in [-0.1, -0.05) is 0 Å². The predicted molar refractivity (Wildman–Crippen MR) is 71.5 cm³/mol. The predicted octanol–water partition coefficient (Wildman–Crippen LogP) is 3.38. The SMILES string of the molecule is CNc1cc(-c2cc3cc(F)ccc3o2)nc(C)n1. The van der Waals surface area contributed by atoms with Crippen molar-refractivity contribution < 1.29 is 8.81 Å². The molecule has 0 aliphatic carbocycles. The van der Waals surface area contributed by atoms with Crippen molar-refractivity contribution in [3.63, 3.8) is 0 Å². The van der Waals surface area contributed by atoms with Gasteiger partial charge in [-0.2, -0.15) is 0 Å². The number of fused-ring (bicyclic) bond motifs is 1. The fourth-order valence-corrected chi connectivity index (χ4v) is 1.96. The van der Waals surface area contributed by atoms with Gasteiger partial charge in [-0.25, -0.2) is 14.4 Å². The lowest BCUT2D eigenvalue weighted by Crippen LogP contribution is -1.97. The summed E-state index contributed by atoms with van der Waals surface area (Å²) >= 11 is 0. The quantitative estimate of drug-likeness (QED) is 0.764. The summed E-state index contributed by atoms with van der Waals surface area (Å²) in [6.45, 7) is 1.81. The molecular weight excluding hydrogens is 245 g/mol. The van der Waals surface area contributed by atoms with Crippen LogP contribution in [0.3, 0.4) is 0 Å². The number of hydrogen-bond donors (Lipinski definition) is 1. The lowest BCUT2D eigenvalue weighted by molar-refractivity contribution is 0.617. The third kappa shape index (κ3) is 2.14. The van der Waals surface area contributed by atoms with E-state index in [0.717, 1.165) is 5.39 Å². The summed E-state index contributed by atoms with van der Waals surface area (Å²) in [6, 6.07) is 8.00. The van der Waals surface area contributed by atoms with Gasteiger partial charge in [0, 0.05) is 18.5 Å². The lowest BCUT2D eigenvalue weighted by Gasteiger charge is -2.02. The van der Waals surface area contributed by atoms with Gasteiger partial charge in [-0.15, -0.1) is 0 Å². The summed E-state index contributed by atoms with van der Waals surface area (Å²) in [4.78, 5) is 8.55. The Morgan fingerprint density at radius 1 is 1.16 bits per heavy atom. The first-order valence-corrected chi connectivity index (χ1v) is 5.88. The molecule has 0 atom stereocenters. The van der Waals surface area contributed by atoms with E-state index < -0.39 is 0 Å². The van der Waals surface area contributed by atoms with Crippen molar-refractivity contribution >= 4 is 16.8 Å². The van der Waals surface area contributed by atoms with Crippen LogP contribution in [-0.4, -0.2) is 17.0 Å². The van der Waals surface area contributed by atoms with E-state index in [-0.39, 0.29) is 5.82 Å². The molecule has 2 heterocycles. The first-order valence-electron chi connectivity index (χ1n) is 5.88. The van der Waals surface area contributed by atoms with E-state index in [0.29, 0.717) is 28.7 Å². The molecule has 0 amide bonds. The zero-order valence-electron chi connectivity index (χ0n) is 10.6. The molecule has 0 aliphatic rings. The monoisotopic (exact) mass is 257 g/mol. The summed E-state index contributed by atoms with van der Waals surface area (Å²) in [5, 5.41) is 3.69. The first-order chi connectivity index (χ1) is 9.15. The van der Waals surface area contributed by atoms with Crippen molar-refractivity contribution in [2.24, 2.45) is 0 Å². The van der Waals surface area contributed by atoms with Crippen LogP contribution in [0, 0.1) is 12.7 Å². The van der Waals surface area contributed by atoms with E-state index in [2.05, 4.69) is 15.3 Å². The summed E-state index contributed by atoms with van der Waals surface area (Å²) in [7, 11) is 1.79. The van der Waals surface area contributed by atoms with E-state index in [1.165, 1.54) is 12.1 Å². The molecule has 1 aromatic carbocycles. The van der Waals surface area contributed by atoms with E-state index >= 15 is 0 Å². The summed E-state index contributed by atoms with van der Waals surface area (Å²) in [5.41, 5.74) is 1.31. The van der Waals surface area contributed by atoms with Crippen LogP contribution in [0.15, 0.2) is 34.7 Å². The second kappa shape index (κ2) is 4.35. The Hall–Kier alpha value is -2.43. The largest absolute Gasteiger partial charge is 0.454 e. The minimum Gasteiger partial charge on any atom is -0.454 e. The number of aromatic nitrogens is 2. The minimum absolute atomic E-state index is 0.283. The number of aryl methyl sites for hydroxylation is 1. The number of furan rings is 1. The molecule has 0 bridgehead atoms. The highest BCUT2D eigenvalue weighted by Crippen LogP contribution is 2.28. The number of anilines is 1. The third-order valence-corrected chi connectivity index (χ3v) is 2.82. The molecular formula is C14H12FN3O. The van der Waals surface area contributed by atoms with Crippen molar-refractivity contribution in [3.8, 4) is 11.5 Å². The second-order valence-electron chi connectivity index (χ2n) is 4.23. The van der Waals surface area contributed by atoms with Crippen molar-refractivity contribution in [1.29, 1.82) is 0 Å². The van der Waals surface area contributed by atoms with E-state index in [1.54, 1.807) is 25.2 Å². The normalized spacial score (nSPS) is 10.9. The van der Waals surface area contributed by atoms with Gasteiger partial charge < -0.3 is 9.73 Å². The van der Waals surface area contributed by atoms with Crippen LogP contribution in [0.5, 0.6) is 0 Å². The van der Waals surface area contributed by atoms with Gasteiger partial charge in [0.2, 0.25) is 0 Å². The molecule has 0 radical (unpaired) electrons. The van der Waals surface area contributed by atoms with Crippen LogP contribution in [0.1, 0.15) is 5.82 Å². The van der Waals surface area contributed by atoms with Gasteiger partial charge in [-0.3, -0.25) is 0 Å². The van der Waals surface area contributed by atoms with Crippen LogP contribution in [0.25, 0.3) is 22.4 Å². The Labute approximate surface area is 109 Å². The maximum absolute atomic E-state index is 13.2. The van der Waals surface area contributed by atoms with E-state index in [9.17, 15) is 4.39 Å². The van der Waals surface area contributed by atoms with Crippen LogP contribution in [0.4, 0.5) is 10.2 Å². The zero-order chi connectivity index (χ0) is 13.4. The highest BCUT2D eigenvalue weighted by Gasteiger charge is 2.10. The van der Waals surface area contributed by atoms with Gasteiger partial charge in [0.25, 0.3) is 0 Å². The van der Waals surface area contributed by atoms with Gasteiger partial charge in [0.05, 0.1) is 0 Å². The highest BCUT2D eigenvalue weighted by atomic mass is 19.1. The molecule has 4 nitrogen and oxygen atoms in total. The van der Waals surface area contributed by atoms with Gasteiger partial charge in [-0.05, 0) is 31.2 Å². The van der Waals surface area contributed by atoms with Gasteiger partial charge in [0.15, 0.2) is 5.76 Å². The fourth-order valence-electron chi connectivity index (χ4n) is 1.96. The van der Waals surface area contributed by atoms with E-state index in [1.807, 2.05) is 6.92 Å². The maximum atomic E-state index is 13.2. The van der Waals surface area contributed by atoms with Crippen molar-refractivity contribution in [1.82, 2.24) is 9.97 Å². The van der Waals surface area contributed by atoms with Crippen molar-refractivity contribution in [2.75, 3.05) is 12.4 Å². The summed E-state index contributed by atoms with van der Waals surface area (Å²) in [5.74, 6) is 1.68. The zero-order valence-corrected chi connectivity index (χ0v) is 10.6. The number of nitrogens with one attached hydrogen (secondary N) is 1. The number of rotatable bonds is 2. The number of halogens is 1. The Bertz CT molecular complexity index is 752. The molecule has 2 aromatic heterocycles. The fraction of sp³-hybridized carbons (Fsp3) is 0.143. The molecule has 0 saturated carbocycles. The Morgan fingerprint density at radius 2 is 2.00 bits per heavy atom. The Morgan fingerprint density at radius 3 is 2.79 bits per heavy atom. The van der Waals surface area contributed by atoms with Crippen LogP contribution >= 0.6 is 0 Å². The molecule has 3 aromatic rings. The Balaban J connectivity index is 2.15. The summed E-state index contributed by atoms with van der Waals surface area (Å²) < 4.78 is 18.8. The van der Waals surface area contributed by atoms with Gasteiger partial charge in [0.1, 0.15) is 28.7 Å². The topological polar surface area (TPSA) is 51.0 Å². The molecule has 96 valence electrons. The van der Waals surface area contributed by atoms with Crippen molar-refractivity contribution in [2.45, 2.75) is 6.92 Å². The molecule has 0 spiro atoms. The van der Waals surface area contributed by atoms with Crippen LogP contribution in [-0.2, 0) is 0 Å². The molecule has 1 N–H and O–H groups in total. The van der Waals surface area contributed by atoms with Crippen LogP contribution < -0.4 is 5.32 Å². The molecule has 0 fully saturated rings. The van der Waals surface area contributed by atoms with Crippen LogP contribution in [0.2, 0.25) is 0 Å². The van der Waals surface area contributed by atoms with E-state index in [4.69, 9.17) is 4.42 Å². The molecule has 0 saturated heterocycles. The molecule has 19 heavy (non-hydrogen) atoms. The smallest absolute Gasteiger partial charge is 0.154 e. The third-order valence-electron chi connectivity index (χ3n) is 2.82. The van der Waals surface area contributed by atoms with Gasteiger partial charge >= 0.3 is 0 Å². The Kier molecular flexibility index (Phi) is 2.67. The minimum atomic E-state index is -0.283. The standard InChI is InChI=1S/C14H12FN3O/c1-8-17-11(7-14(16-2)18-8)13-6-9-5-10(15)3-4-12(9)19-13/h3-7H,1-2H3,(H,16,17,18). The molecule has 3 rings (SSSR count). The maximum Gasteiger partial charge on any atom is 0.154 e. The number of hydrogen-bond acceptors (Lipinski definition) is 4. The summed E-state index contributed by atoms with van der Waals surface area (Å²) in [6.07, 6.45) is 0. The number of nitrogens with zero attached hydrogens (tertiary/aromatic N) is 2. The van der Waals surface area contributed by atoms with Crippen molar-refractivity contribution in [3.05, 3.63) is 42.0 Å². The highest BCUT2D eigenvalue weighted by molar-refractivity contribution is 5.82. The lowest BCUT2D eigenvalue weighted by atomic mass is 10.2. The second-order valence-corrected chi connectivity index (χ2v) is 4.23. The molecule has 5 heteroatoms. The molecule has 0 aliphatic heterocycles. The average Bonchev–Trinajstić information content (AvgIpc) is 2.80. The molecule has 0 unspecified atom stereocenters. The average molecular weight is 257 g/mol. The number of benzene rings is 1. The first kappa shape index (κ1) is 11.6.